The summed E-state index contributed by atoms with van der Waals surface area (Å²) >= 11 is 5.93. The molecule has 12 heteroatoms. The average molecular weight is 486 g/mol. The van der Waals surface area contributed by atoms with E-state index in [1.54, 1.807) is 12.1 Å². The van der Waals surface area contributed by atoms with Gasteiger partial charge in [0, 0.05) is 29.5 Å². The Hall–Kier alpha value is -3.18. The first-order valence-electron chi connectivity index (χ1n) is 10.0. The van der Waals surface area contributed by atoms with Gasteiger partial charge in [-0.05, 0) is 48.7 Å². The Labute approximate surface area is 193 Å². The van der Waals surface area contributed by atoms with Crippen LogP contribution in [0.3, 0.4) is 0 Å². The summed E-state index contributed by atoms with van der Waals surface area (Å²) < 4.78 is 41.0. The first-order valence-corrected chi connectivity index (χ1v) is 10.4. The molecule has 0 aliphatic carbocycles. The second kappa shape index (κ2) is 10.2. The van der Waals surface area contributed by atoms with E-state index in [0.29, 0.717) is 17.3 Å². The number of amides is 2. The molecule has 1 saturated heterocycles. The van der Waals surface area contributed by atoms with Gasteiger partial charge in [-0.15, -0.1) is 13.2 Å². The lowest BCUT2D eigenvalue weighted by Crippen LogP contribution is -2.47. The molecule has 1 aliphatic rings. The van der Waals surface area contributed by atoms with Crippen LogP contribution in [0.4, 0.5) is 24.5 Å². The number of halogens is 4. The van der Waals surface area contributed by atoms with E-state index in [1.165, 1.54) is 0 Å². The largest absolute Gasteiger partial charge is 0.573 e. The van der Waals surface area contributed by atoms with Gasteiger partial charge in [-0.25, -0.2) is 0 Å². The normalized spacial score (nSPS) is 16.4. The smallest absolute Gasteiger partial charge is 0.406 e. The van der Waals surface area contributed by atoms with Gasteiger partial charge >= 0.3 is 6.36 Å². The molecule has 0 bridgehead atoms. The molecular weight excluding hydrogens is 463 g/mol. The summed E-state index contributed by atoms with van der Waals surface area (Å²) in [6.45, 7) is 0.890. The molecule has 2 aromatic carbocycles. The highest BCUT2D eigenvalue weighted by atomic mass is 35.5. The van der Waals surface area contributed by atoms with Crippen molar-refractivity contribution in [2.45, 2.75) is 31.9 Å². The van der Waals surface area contributed by atoms with Crippen LogP contribution in [-0.2, 0) is 11.3 Å². The Morgan fingerprint density at radius 2 is 1.91 bits per heavy atom. The molecule has 2 aromatic rings. The third-order valence-corrected chi connectivity index (χ3v) is 5.32. The van der Waals surface area contributed by atoms with Crippen LogP contribution in [0.25, 0.3) is 0 Å². The van der Waals surface area contributed by atoms with E-state index < -0.39 is 23.9 Å². The number of alkyl halides is 3. The van der Waals surface area contributed by atoms with Gasteiger partial charge in [-0.2, -0.15) is 0 Å². The van der Waals surface area contributed by atoms with Crippen molar-refractivity contribution in [3.63, 3.8) is 0 Å². The molecule has 1 unspecified atom stereocenters. The van der Waals surface area contributed by atoms with Crippen molar-refractivity contribution in [3.8, 4) is 5.75 Å². The fraction of sp³-hybridized carbons (Fsp3) is 0.333. The van der Waals surface area contributed by atoms with Gasteiger partial charge in [0.15, 0.2) is 0 Å². The lowest BCUT2D eigenvalue weighted by atomic mass is 10.1. The number of likely N-dealkylation sites (tertiary alicyclic amines) is 1. The van der Waals surface area contributed by atoms with Crippen LogP contribution >= 0.6 is 11.6 Å². The van der Waals surface area contributed by atoms with E-state index in [2.05, 4.69) is 20.3 Å². The summed E-state index contributed by atoms with van der Waals surface area (Å²) in [4.78, 5) is 26.8. The average Bonchev–Trinajstić information content (AvgIpc) is 3.15. The molecule has 3 rings (SSSR count). The van der Waals surface area contributed by atoms with Gasteiger partial charge in [-0.3, -0.25) is 14.5 Å². The minimum Gasteiger partial charge on any atom is -0.406 e. The first-order chi connectivity index (χ1) is 15.5. The summed E-state index contributed by atoms with van der Waals surface area (Å²) in [5.74, 6) is -1.84. The monoisotopic (exact) mass is 485 g/mol. The Balaban J connectivity index is 1.55. The zero-order valence-corrected chi connectivity index (χ0v) is 18.2. The molecule has 6 N–H and O–H groups in total. The summed E-state index contributed by atoms with van der Waals surface area (Å²) in [5.41, 5.74) is 12.8. The summed E-state index contributed by atoms with van der Waals surface area (Å²) in [6.07, 6.45) is -3.57. The lowest BCUT2D eigenvalue weighted by molar-refractivity contribution is -0.274. The predicted molar refractivity (Wildman–Crippen MR) is 117 cm³/mol. The van der Waals surface area contributed by atoms with Crippen LogP contribution in [0.5, 0.6) is 5.75 Å². The molecule has 2 amide bonds. The second-order valence-corrected chi connectivity index (χ2v) is 7.96. The number of carbonyl (C=O) groups is 2. The van der Waals surface area contributed by atoms with Gasteiger partial charge in [0.25, 0.3) is 5.91 Å². The molecule has 1 aliphatic heterocycles. The highest BCUT2D eigenvalue weighted by Gasteiger charge is 2.31. The maximum absolute atomic E-state index is 12.4. The number of hydrogen-bond donors (Lipinski definition) is 4. The van der Waals surface area contributed by atoms with Gasteiger partial charge in [0.2, 0.25) is 5.91 Å². The van der Waals surface area contributed by atoms with Gasteiger partial charge in [-0.1, -0.05) is 17.7 Å². The molecule has 0 aromatic heterocycles. The highest BCUT2D eigenvalue weighted by molar-refractivity contribution is 6.30. The number of ether oxygens (including phenoxy) is 1. The van der Waals surface area contributed by atoms with E-state index >= 15 is 0 Å². The molecule has 178 valence electrons. The van der Waals surface area contributed by atoms with Gasteiger partial charge in [0.1, 0.15) is 5.75 Å². The van der Waals surface area contributed by atoms with Crippen LogP contribution in [0, 0.1) is 0 Å². The number of benzene rings is 2. The van der Waals surface area contributed by atoms with Crippen molar-refractivity contribution >= 4 is 34.8 Å². The Bertz CT molecular complexity index is 1030. The molecule has 1 atom stereocenters. The number of nitrogens with two attached hydrogens (primary N) is 2. The van der Waals surface area contributed by atoms with Crippen molar-refractivity contribution in [1.29, 1.82) is 0 Å². The topological polar surface area (TPSA) is 123 Å². The summed E-state index contributed by atoms with van der Waals surface area (Å²) in [5, 5.41) is 5.74. The maximum atomic E-state index is 12.4. The summed E-state index contributed by atoms with van der Waals surface area (Å²) in [6, 6.07) is 8.22. The molecule has 33 heavy (non-hydrogen) atoms. The number of anilines is 2. The number of nitrogen functional groups attached to an aromatic ring is 2. The number of rotatable bonds is 7. The molecule has 8 nitrogen and oxygen atoms in total. The first kappa shape index (κ1) is 24.5. The number of nitrogens with one attached hydrogen (secondary N) is 2. The maximum Gasteiger partial charge on any atom is 0.573 e. The molecule has 1 heterocycles. The van der Waals surface area contributed by atoms with Crippen LogP contribution in [0.2, 0.25) is 5.02 Å². The fourth-order valence-electron chi connectivity index (χ4n) is 3.53. The number of hydrogen-bond acceptors (Lipinski definition) is 6. The lowest BCUT2D eigenvalue weighted by Gasteiger charge is -2.26. The number of nitrogens with zero attached hydrogens (tertiary/aromatic N) is 1. The van der Waals surface area contributed by atoms with E-state index in [9.17, 15) is 22.8 Å². The van der Waals surface area contributed by atoms with Crippen LogP contribution < -0.4 is 26.8 Å². The fourth-order valence-corrected chi connectivity index (χ4v) is 3.71. The van der Waals surface area contributed by atoms with Crippen LogP contribution in [-0.4, -0.2) is 42.3 Å². The molecule has 0 saturated carbocycles. The predicted octanol–water partition coefficient (Wildman–Crippen LogP) is 2.87. The molecule has 0 spiro atoms. The van der Waals surface area contributed by atoms with Gasteiger partial charge < -0.3 is 26.8 Å². The van der Waals surface area contributed by atoms with Gasteiger partial charge in [0.05, 0.1) is 18.3 Å². The van der Waals surface area contributed by atoms with Crippen molar-refractivity contribution < 1.29 is 27.5 Å². The zero-order valence-electron chi connectivity index (χ0n) is 17.4. The standard InChI is InChI=1S/C21H23ClF3N5O3/c22-13-4-3-12(17(27)8-13)11-30-7-1-2-18(30)29-19(31)10-28-20(32)15-9-14(5-6-16(15)26)33-21(23,24)25/h3-6,8-9,18H,1-2,7,10-11,26-27H2,(H,28,32)(H,29,31). The third kappa shape index (κ3) is 6.90. The van der Waals surface area contributed by atoms with Crippen molar-refractivity contribution in [2.75, 3.05) is 24.6 Å². The van der Waals surface area contributed by atoms with E-state index in [0.717, 1.165) is 43.1 Å². The molecule has 1 fully saturated rings. The Morgan fingerprint density at radius 1 is 1.15 bits per heavy atom. The van der Waals surface area contributed by atoms with Crippen molar-refractivity contribution in [2.24, 2.45) is 0 Å². The zero-order chi connectivity index (χ0) is 24.2. The van der Waals surface area contributed by atoms with E-state index in [4.69, 9.17) is 23.1 Å². The minimum absolute atomic E-state index is 0.0510. The quantitative estimate of drug-likeness (QED) is 0.447. The third-order valence-electron chi connectivity index (χ3n) is 5.09. The number of carbonyl (C=O) groups excluding carboxylic acids is 2. The molecular formula is C21H23ClF3N5O3. The minimum atomic E-state index is -4.91. The van der Waals surface area contributed by atoms with Crippen molar-refractivity contribution in [1.82, 2.24) is 15.5 Å². The van der Waals surface area contributed by atoms with E-state index in [1.807, 2.05) is 6.07 Å². The SMILES string of the molecule is Nc1cc(Cl)ccc1CN1CCCC1NC(=O)CNC(=O)c1cc(OC(F)(F)F)ccc1N. The van der Waals surface area contributed by atoms with Crippen molar-refractivity contribution in [3.05, 3.63) is 52.5 Å². The van der Waals surface area contributed by atoms with Crippen LogP contribution in [0.15, 0.2) is 36.4 Å². The molecule has 0 radical (unpaired) electrons. The van der Waals surface area contributed by atoms with E-state index in [-0.39, 0.29) is 24.0 Å². The second-order valence-electron chi connectivity index (χ2n) is 7.52. The highest BCUT2D eigenvalue weighted by Crippen LogP contribution is 2.26. The van der Waals surface area contributed by atoms with Crippen LogP contribution in [0.1, 0.15) is 28.8 Å². The Morgan fingerprint density at radius 3 is 2.61 bits per heavy atom. The summed E-state index contributed by atoms with van der Waals surface area (Å²) in [7, 11) is 0. The Kier molecular flexibility index (Phi) is 7.54.